The van der Waals surface area contributed by atoms with E-state index in [1.54, 1.807) is 0 Å². The maximum absolute atomic E-state index is 12.8. The molecule has 1 aromatic carbocycles. The van der Waals surface area contributed by atoms with Crippen molar-refractivity contribution in [2.45, 2.75) is 25.2 Å². The summed E-state index contributed by atoms with van der Waals surface area (Å²) in [4.78, 5) is 10.6. The van der Waals surface area contributed by atoms with Crippen molar-refractivity contribution in [2.75, 3.05) is 0 Å². The molecule has 0 amide bonds. The minimum absolute atomic E-state index is 0.239. The maximum Gasteiger partial charge on any atom is 0.407 e. The molecule has 0 aromatic heterocycles. The Hall–Kier alpha value is -1.63. The van der Waals surface area contributed by atoms with Crippen LogP contribution in [0.5, 0.6) is 0 Å². The number of benzene rings is 1. The molecule has 18 heavy (non-hydrogen) atoms. The molecule has 2 atom stereocenters. The van der Waals surface area contributed by atoms with Crippen molar-refractivity contribution >= 4 is 5.97 Å². The number of nitrogens with one attached hydrogen (secondary N) is 1. The van der Waals surface area contributed by atoms with E-state index >= 15 is 0 Å². The van der Waals surface area contributed by atoms with E-state index in [9.17, 15) is 22.4 Å². The lowest BCUT2D eigenvalue weighted by atomic mass is 10.1. The second kappa shape index (κ2) is 5.34. The third-order valence-corrected chi connectivity index (χ3v) is 2.32. The molecule has 1 aromatic rings. The number of carboxylic acids is 1. The fraction of sp³-hybridized carbons (Fsp3) is 0.364. The zero-order valence-electron chi connectivity index (χ0n) is 9.33. The van der Waals surface area contributed by atoms with Gasteiger partial charge in [-0.15, -0.1) is 0 Å². The summed E-state index contributed by atoms with van der Waals surface area (Å²) >= 11 is 0. The van der Waals surface area contributed by atoms with Gasteiger partial charge in [-0.1, -0.05) is 12.1 Å². The van der Waals surface area contributed by atoms with Gasteiger partial charge < -0.3 is 5.11 Å². The van der Waals surface area contributed by atoms with Crippen LogP contribution in [0.3, 0.4) is 0 Å². The number of alkyl halides is 3. The van der Waals surface area contributed by atoms with Crippen molar-refractivity contribution in [3.05, 3.63) is 35.6 Å². The van der Waals surface area contributed by atoms with Crippen molar-refractivity contribution in [1.82, 2.24) is 5.32 Å². The van der Waals surface area contributed by atoms with E-state index in [1.165, 1.54) is 0 Å². The van der Waals surface area contributed by atoms with Crippen molar-refractivity contribution in [1.29, 1.82) is 0 Å². The van der Waals surface area contributed by atoms with Gasteiger partial charge in [-0.05, 0) is 24.6 Å². The Morgan fingerprint density at radius 1 is 1.28 bits per heavy atom. The Labute approximate surface area is 100 Å². The number of carbonyl (C=O) groups is 1. The van der Waals surface area contributed by atoms with Crippen LogP contribution in [-0.4, -0.2) is 23.3 Å². The first kappa shape index (κ1) is 14.4. The molecule has 0 aliphatic heterocycles. The van der Waals surface area contributed by atoms with E-state index in [1.807, 2.05) is 5.32 Å². The molecule has 7 heteroatoms. The smallest absolute Gasteiger partial charge is 0.407 e. The number of aliphatic carboxylic acids is 1. The Bertz CT molecular complexity index is 416. The van der Waals surface area contributed by atoms with Crippen LogP contribution in [0.1, 0.15) is 18.5 Å². The second-order valence-corrected chi connectivity index (χ2v) is 3.75. The SMILES string of the molecule is CC(NC(c1ccc(F)cc1)C(F)(F)F)C(=O)O. The molecule has 0 spiro atoms. The average Bonchev–Trinajstić information content (AvgIpc) is 2.25. The highest BCUT2D eigenvalue weighted by Crippen LogP contribution is 2.33. The first-order chi connectivity index (χ1) is 8.21. The maximum atomic E-state index is 12.8. The number of rotatable bonds is 4. The molecule has 0 aliphatic rings. The van der Waals surface area contributed by atoms with Gasteiger partial charge >= 0.3 is 12.1 Å². The van der Waals surface area contributed by atoms with Crippen molar-refractivity contribution in [2.24, 2.45) is 0 Å². The molecule has 2 unspecified atom stereocenters. The molecule has 0 aliphatic carbocycles. The van der Waals surface area contributed by atoms with Crippen LogP contribution >= 0.6 is 0 Å². The zero-order valence-corrected chi connectivity index (χ0v) is 9.33. The summed E-state index contributed by atoms with van der Waals surface area (Å²) in [5, 5.41) is 10.5. The standard InChI is InChI=1S/C11H11F4NO2/c1-6(10(17)18)16-9(11(13,14)15)7-2-4-8(12)5-3-7/h2-6,9,16H,1H3,(H,17,18). The van der Waals surface area contributed by atoms with Gasteiger partial charge in [0.25, 0.3) is 0 Å². The van der Waals surface area contributed by atoms with Gasteiger partial charge in [0.2, 0.25) is 0 Å². The third-order valence-electron chi connectivity index (χ3n) is 2.32. The highest BCUT2D eigenvalue weighted by atomic mass is 19.4. The van der Waals surface area contributed by atoms with Gasteiger partial charge in [-0.2, -0.15) is 13.2 Å². The molecule has 1 rings (SSSR count). The van der Waals surface area contributed by atoms with Gasteiger partial charge in [0.15, 0.2) is 0 Å². The quantitative estimate of drug-likeness (QED) is 0.822. The Morgan fingerprint density at radius 2 is 1.78 bits per heavy atom. The molecule has 0 saturated heterocycles. The summed E-state index contributed by atoms with van der Waals surface area (Å²) in [6.07, 6.45) is -4.67. The number of hydrogen-bond acceptors (Lipinski definition) is 2. The first-order valence-electron chi connectivity index (χ1n) is 5.03. The molecule has 0 heterocycles. The van der Waals surface area contributed by atoms with E-state index in [0.29, 0.717) is 0 Å². The lowest BCUT2D eigenvalue weighted by molar-refractivity contribution is -0.162. The van der Waals surface area contributed by atoms with E-state index in [4.69, 9.17) is 5.11 Å². The van der Waals surface area contributed by atoms with Crippen LogP contribution in [0.2, 0.25) is 0 Å². The molecule has 0 radical (unpaired) electrons. The van der Waals surface area contributed by atoms with Crippen LogP contribution in [0.4, 0.5) is 17.6 Å². The summed E-state index contributed by atoms with van der Waals surface area (Å²) in [5.74, 6) is -2.06. The van der Waals surface area contributed by atoms with E-state index in [2.05, 4.69) is 0 Å². The highest BCUT2D eigenvalue weighted by molar-refractivity contribution is 5.72. The minimum Gasteiger partial charge on any atom is -0.480 e. The fourth-order valence-electron chi connectivity index (χ4n) is 1.36. The van der Waals surface area contributed by atoms with Crippen molar-refractivity contribution in [3.63, 3.8) is 0 Å². The Balaban J connectivity index is 2.99. The van der Waals surface area contributed by atoms with Gasteiger partial charge in [0.1, 0.15) is 17.9 Å². The topological polar surface area (TPSA) is 49.3 Å². The monoisotopic (exact) mass is 265 g/mol. The molecular weight excluding hydrogens is 254 g/mol. The summed E-state index contributed by atoms with van der Waals surface area (Å²) in [6, 6.07) is 0.192. The van der Waals surface area contributed by atoms with Crippen LogP contribution in [0.15, 0.2) is 24.3 Å². The lowest BCUT2D eigenvalue weighted by Crippen LogP contribution is -2.43. The number of halogens is 4. The molecule has 3 nitrogen and oxygen atoms in total. The van der Waals surface area contributed by atoms with Crippen molar-refractivity contribution in [3.8, 4) is 0 Å². The molecular formula is C11H11F4NO2. The molecule has 2 N–H and O–H groups in total. The highest BCUT2D eigenvalue weighted by Gasteiger charge is 2.42. The van der Waals surface area contributed by atoms with Crippen LogP contribution in [0.25, 0.3) is 0 Å². The van der Waals surface area contributed by atoms with Crippen LogP contribution < -0.4 is 5.32 Å². The Kier molecular flexibility index (Phi) is 4.28. The van der Waals surface area contributed by atoms with Gasteiger partial charge in [-0.25, -0.2) is 4.39 Å². The minimum atomic E-state index is -4.67. The average molecular weight is 265 g/mol. The summed E-state index contributed by atoms with van der Waals surface area (Å²) in [7, 11) is 0. The predicted molar refractivity (Wildman–Crippen MR) is 55.4 cm³/mol. The summed E-state index contributed by atoms with van der Waals surface area (Å²) in [5.41, 5.74) is -0.239. The first-order valence-corrected chi connectivity index (χ1v) is 5.03. The molecule has 100 valence electrons. The number of carboxylic acid groups (broad SMARTS) is 1. The third kappa shape index (κ3) is 3.69. The van der Waals surface area contributed by atoms with Crippen molar-refractivity contribution < 1.29 is 27.5 Å². The largest absolute Gasteiger partial charge is 0.480 e. The van der Waals surface area contributed by atoms with Crippen LogP contribution in [0, 0.1) is 5.82 Å². The zero-order chi connectivity index (χ0) is 13.9. The predicted octanol–water partition coefficient (Wildman–Crippen LogP) is 2.49. The van der Waals surface area contributed by atoms with Gasteiger partial charge in [0.05, 0.1) is 0 Å². The van der Waals surface area contributed by atoms with Crippen LogP contribution in [-0.2, 0) is 4.79 Å². The molecule has 0 saturated carbocycles. The van der Waals surface area contributed by atoms with Gasteiger partial charge in [-0.3, -0.25) is 10.1 Å². The lowest BCUT2D eigenvalue weighted by Gasteiger charge is -2.24. The molecule has 0 fully saturated rings. The normalized spacial score (nSPS) is 15.2. The summed E-state index contributed by atoms with van der Waals surface area (Å²) < 4.78 is 51.0. The second-order valence-electron chi connectivity index (χ2n) is 3.75. The van der Waals surface area contributed by atoms with E-state index in [0.717, 1.165) is 31.2 Å². The summed E-state index contributed by atoms with van der Waals surface area (Å²) in [6.45, 7) is 1.10. The van der Waals surface area contributed by atoms with Gasteiger partial charge in [0, 0.05) is 0 Å². The molecule has 0 bridgehead atoms. The number of hydrogen-bond donors (Lipinski definition) is 2. The fourth-order valence-corrected chi connectivity index (χ4v) is 1.36. The van der Waals surface area contributed by atoms with E-state index in [-0.39, 0.29) is 5.56 Å². The Morgan fingerprint density at radius 3 is 2.17 bits per heavy atom. The van der Waals surface area contributed by atoms with E-state index < -0.39 is 30.0 Å².